The van der Waals surface area contributed by atoms with Gasteiger partial charge in [-0.15, -0.1) is 0 Å². The van der Waals surface area contributed by atoms with Gasteiger partial charge in [-0.25, -0.2) is 13.2 Å². The molecule has 2 heterocycles. The number of sulfone groups is 1. The normalized spacial score (nSPS) is 23.5. The zero-order valence-corrected chi connectivity index (χ0v) is 15.8. The number of anilines is 1. The van der Waals surface area contributed by atoms with Gasteiger partial charge in [-0.2, -0.15) is 0 Å². The third kappa shape index (κ3) is 3.22. The summed E-state index contributed by atoms with van der Waals surface area (Å²) < 4.78 is 30.9. The van der Waals surface area contributed by atoms with Gasteiger partial charge in [0.1, 0.15) is 0 Å². The third-order valence-corrected chi connectivity index (χ3v) is 8.17. The van der Waals surface area contributed by atoms with Crippen LogP contribution in [0.1, 0.15) is 43.0 Å². The highest BCUT2D eigenvalue weighted by Gasteiger charge is 2.45. The molecule has 0 radical (unpaired) electrons. The Labute approximate surface area is 154 Å². The highest BCUT2D eigenvalue weighted by Crippen LogP contribution is 2.54. The fourth-order valence-corrected chi connectivity index (χ4v) is 5.94. The highest BCUT2D eigenvalue weighted by molar-refractivity contribution is 7.91. The van der Waals surface area contributed by atoms with Gasteiger partial charge in [0.25, 0.3) is 0 Å². The molecule has 0 atom stereocenters. The quantitative estimate of drug-likeness (QED) is 0.847. The Morgan fingerprint density at radius 2 is 1.85 bits per heavy atom. The van der Waals surface area contributed by atoms with Crippen LogP contribution in [0.25, 0.3) is 0 Å². The van der Waals surface area contributed by atoms with Crippen molar-refractivity contribution in [2.45, 2.75) is 37.5 Å². The standard InChI is InChI=1S/C19H25NO5S/c1-18(11-25-12-18)13-26(23,24)14-2-3-15(17(21)22)16(10-14)20-8-6-19(4-5-19)7-9-20/h2-3,10H,4-9,11-13H2,1H3,(H,21,22). The van der Waals surface area contributed by atoms with Gasteiger partial charge in [0.15, 0.2) is 9.84 Å². The van der Waals surface area contributed by atoms with Crippen LogP contribution in [-0.2, 0) is 14.6 Å². The molecule has 0 bridgehead atoms. The van der Waals surface area contributed by atoms with E-state index in [1.54, 1.807) is 6.07 Å². The Bertz CT molecular complexity index is 829. The Hall–Kier alpha value is -1.60. The van der Waals surface area contributed by atoms with Gasteiger partial charge in [-0.05, 0) is 49.3 Å². The summed E-state index contributed by atoms with van der Waals surface area (Å²) in [4.78, 5) is 13.9. The smallest absolute Gasteiger partial charge is 0.337 e. The number of carboxylic acids is 1. The summed E-state index contributed by atoms with van der Waals surface area (Å²) in [5.74, 6) is -0.996. The second-order valence-electron chi connectivity index (χ2n) is 8.53. The molecule has 6 nitrogen and oxygen atoms in total. The summed E-state index contributed by atoms with van der Waals surface area (Å²) in [6.45, 7) is 4.37. The number of carboxylic acid groups (broad SMARTS) is 1. The molecule has 7 heteroatoms. The van der Waals surface area contributed by atoms with Crippen molar-refractivity contribution in [3.8, 4) is 0 Å². The number of ether oxygens (including phenoxy) is 1. The molecule has 1 aliphatic carbocycles. The van der Waals surface area contributed by atoms with Crippen molar-refractivity contribution >= 4 is 21.5 Å². The van der Waals surface area contributed by atoms with Crippen molar-refractivity contribution < 1.29 is 23.1 Å². The number of piperidine rings is 1. The van der Waals surface area contributed by atoms with Crippen molar-refractivity contribution in [3.05, 3.63) is 23.8 Å². The van der Waals surface area contributed by atoms with Crippen LogP contribution in [0.3, 0.4) is 0 Å². The maximum Gasteiger partial charge on any atom is 0.337 e. The summed E-state index contributed by atoms with van der Waals surface area (Å²) in [6.07, 6.45) is 4.64. The zero-order valence-electron chi connectivity index (χ0n) is 15.0. The molecule has 0 aromatic heterocycles. The van der Waals surface area contributed by atoms with E-state index < -0.39 is 15.8 Å². The van der Waals surface area contributed by atoms with Crippen LogP contribution in [0.5, 0.6) is 0 Å². The van der Waals surface area contributed by atoms with Crippen LogP contribution in [0, 0.1) is 10.8 Å². The van der Waals surface area contributed by atoms with E-state index in [4.69, 9.17) is 4.74 Å². The molecule has 1 aromatic carbocycles. The summed E-state index contributed by atoms with van der Waals surface area (Å²) in [6, 6.07) is 4.43. The van der Waals surface area contributed by atoms with Crippen LogP contribution in [0.4, 0.5) is 5.69 Å². The summed E-state index contributed by atoms with van der Waals surface area (Å²) in [5, 5.41) is 9.55. The predicted molar refractivity (Wildman–Crippen MR) is 97.5 cm³/mol. The number of aromatic carboxylic acids is 1. The zero-order chi connectivity index (χ0) is 18.6. The van der Waals surface area contributed by atoms with Gasteiger partial charge in [-0.1, -0.05) is 6.92 Å². The number of rotatable bonds is 5. The van der Waals surface area contributed by atoms with E-state index >= 15 is 0 Å². The highest BCUT2D eigenvalue weighted by atomic mass is 32.2. The lowest BCUT2D eigenvalue weighted by Crippen LogP contribution is -2.45. The van der Waals surface area contributed by atoms with E-state index in [1.165, 1.54) is 25.0 Å². The minimum Gasteiger partial charge on any atom is -0.478 e. The van der Waals surface area contributed by atoms with E-state index in [-0.39, 0.29) is 21.6 Å². The van der Waals surface area contributed by atoms with Gasteiger partial charge < -0.3 is 14.7 Å². The fourth-order valence-electron chi connectivity index (χ4n) is 4.12. The van der Waals surface area contributed by atoms with Crippen molar-refractivity contribution in [2.24, 2.45) is 10.8 Å². The van der Waals surface area contributed by atoms with Gasteiger partial charge in [0, 0.05) is 18.5 Å². The average molecular weight is 379 g/mol. The summed E-state index contributed by atoms with van der Waals surface area (Å²) in [7, 11) is -3.49. The Morgan fingerprint density at radius 1 is 1.19 bits per heavy atom. The second-order valence-corrected chi connectivity index (χ2v) is 10.5. The molecule has 1 saturated carbocycles. The van der Waals surface area contributed by atoms with Crippen molar-refractivity contribution in [1.29, 1.82) is 0 Å². The van der Waals surface area contributed by atoms with Crippen LogP contribution < -0.4 is 4.90 Å². The monoisotopic (exact) mass is 379 g/mol. The summed E-state index contributed by atoms with van der Waals surface area (Å²) in [5.41, 5.74) is 0.828. The van der Waals surface area contributed by atoms with Crippen LogP contribution in [-0.4, -0.2) is 51.5 Å². The minimum atomic E-state index is -3.49. The molecule has 1 aromatic rings. The first-order valence-corrected chi connectivity index (χ1v) is 10.8. The number of hydrogen-bond donors (Lipinski definition) is 1. The van der Waals surface area contributed by atoms with E-state index in [9.17, 15) is 18.3 Å². The lowest BCUT2D eigenvalue weighted by molar-refractivity contribution is -0.0870. The molecular weight excluding hydrogens is 354 g/mol. The maximum absolute atomic E-state index is 12.8. The fraction of sp³-hybridized carbons (Fsp3) is 0.632. The first-order chi connectivity index (χ1) is 12.2. The van der Waals surface area contributed by atoms with E-state index in [1.807, 2.05) is 11.8 Å². The number of hydrogen-bond acceptors (Lipinski definition) is 5. The lowest BCUT2D eigenvalue weighted by atomic mass is 9.92. The predicted octanol–water partition coefficient (Wildman–Crippen LogP) is 2.58. The van der Waals surface area contributed by atoms with Gasteiger partial charge >= 0.3 is 5.97 Å². The van der Waals surface area contributed by atoms with E-state index in [2.05, 4.69) is 0 Å². The molecule has 3 fully saturated rings. The van der Waals surface area contributed by atoms with Crippen LogP contribution in [0.15, 0.2) is 23.1 Å². The van der Waals surface area contributed by atoms with Crippen molar-refractivity contribution in [1.82, 2.24) is 0 Å². The first-order valence-electron chi connectivity index (χ1n) is 9.15. The Balaban J connectivity index is 1.63. The molecule has 0 unspecified atom stereocenters. The molecule has 0 amide bonds. The minimum absolute atomic E-state index is 0.0228. The molecule has 4 rings (SSSR count). The van der Waals surface area contributed by atoms with E-state index in [0.29, 0.717) is 24.3 Å². The SMILES string of the molecule is CC1(CS(=O)(=O)c2ccc(C(=O)O)c(N3CCC4(CC3)CC4)c2)COC1. The van der Waals surface area contributed by atoms with Crippen molar-refractivity contribution in [3.63, 3.8) is 0 Å². The lowest BCUT2D eigenvalue weighted by Gasteiger charge is -2.37. The van der Waals surface area contributed by atoms with Gasteiger partial charge in [0.05, 0.1) is 35.1 Å². The average Bonchev–Trinajstić information content (AvgIpc) is 3.32. The summed E-state index contributed by atoms with van der Waals surface area (Å²) >= 11 is 0. The largest absolute Gasteiger partial charge is 0.478 e. The molecule has 26 heavy (non-hydrogen) atoms. The maximum atomic E-state index is 12.8. The Kier molecular flexibility index (Phi) is 4.08. The van der Waals surface area contributed by atoms with Crippen molar-refractivity contribution in [2.75, 3.05) is 37.0 Å². The molecule has 142 valence electrons. The first kappa shape index (κ1) is 17.8. The molecule has 1 N–H and O–H groups in total. The van der Waals surface area contributed by atoms with Crippen LogP contribution in [0.2, 0.25) is 0 Å². The van der Waals surface area contributed by atoms with E-state index in [0.717, 1.165) is 25.9 Å². The number of nitrogens with zero attached hydrogens (tertiary/aromatic N) is 1. The molecule has 2 saturated heterocycles. The molecular formula is C19H25NO5S. The number of carbonyl (C=O) groups is 1. The van der Waals surface area contributed by atoms with Crippen LogP contribution >= 0.6 is 0 Å². The van der Waals surface area contributed by atoms with Gasteiger partial charge in [-0.3, -0.25) is 0 Å². The van der Waals surface area contributed by atoms with Gasteiger partial charge in [0.2, 0.25) is 0 Å². The molecule has 3 aliphatic rings. The molecule has 1 spiro atoms. The third-order valence-electron chi connectivity index (χ3n) is 6.12. The molecule has 2 aliphatic heterocycles. The second kappa shape index (κ2) is 5.96. The Morgan fingerprint density at radius 3 is 2.35 bits per heavy atom. The number of benzene rings is 1. The topological polar surface area (TPSA) is 83.9 Å².